The number of allylic oxidation sites excluding steroid dienone is 1. The number of nitrogens with zero attached hydrogens (tertiary/aromatic N) is 2. The van der Waals surface area contributed by atoms with Crippen LogP contribution in [0.25, 0.3) is 11.1 Å². The Labute approximate surface area is 157 Å². The molecule has 0 saturated carbocycles. The largest absolute Gasteiger partial charge is 0.448 e. The first-order valence-electron chi connectivity index (χ1n) is 8.24. The van der Waals surface area contributed by atoms with Crippen molar-refractivity contribution in [3.8, 4) is 0 Å². The molecule has 0 saturated heterocycles. The maximum atomic E-state index is 12.8. The molecule has 0 aliphatic heterocycles. The fraction of sp³-hybridized carbons (Fsp3) is 0.333. The van der Waals surface area contributed by atoms with Gasteiger partial charge in [-0.05, 0) is 41.1 Å². The van der Waals surface area contributed by atoms with E-state index < -0.39 is 0 Å². The van der Waals surface area contributed by atoms with Crippen molar-refractivity contribution in [3.05, 3.63) is 45.7 Å². The third-order valence-corrected chi connectivity index (χ3v) is 5.94. The molecule has 3 heterocycles. The zero-order valence-corrected chi connectivity index (χ0v) is 16.2. The molecule has 0 bridgehead atoms. The first-order valence-corrected chi connectivity index (χ1v) is 9.85. The average molecular weight is 420 g/mol. The van der Waals surface area contributed by atoms with E-state index in [1.807, 2.05) is 10.6 Å². The number of halogens is 1. The van der Waals surface area contributed by atoms with Crippen molar-refractivity contribution >= 4 is 49.4 Å². The monoisotopic (exact) mass is 419 g/mol. The van der Waals surface area contributed by atoms with E-state index in [0.29, 0.717) is 33.5 Å². The van der Waals surface area contributed by atoms with Gasteiger partial charge in [-0.15, -0.1) is 17.9 Å². The molecular weight excluding hydrogens is 402 g/mol. The van der Waals surface area contributed by atoms with Gasteiger partial charge in [0.25, 0.3) is 5.91 Å². The quantitative estimate of drug-likeness (QED) is 0.604. The zero-order chi connectivity index (χ0) is 17.6. The molecule has 3 aromatic rings. The standard InChI is InChI=1S/C18H18BrN3O2S/c1-3-6-22-12-9-16(19)24-14(12)8-13(22)17(23)21-18-20-11-5-4-10(2)7-15(11)25-18/h3,8-10H,1,4-7H2,2H3,(H,20,21,23). The first-order chi connectivity index (χ1) is 12.0. The number of carbonyl (C=O) groups is 1. The number of aromatic nitrogens is 2. The van der Waals surface area contributed by atoms with Crippen LogP contribution in [-0.2, 0) is 19.4 Å². The highest BCUT2D eigenvalue weighted by Gasteiger charge is 2.22. The molecule has 130 valence electrons. The second-order valence-electron chi connectivity index (χ2n) is 6.42. The van der Waals surface area contributed by atoms with Crippen LogP contribution in [0.15, 0.2) is 33.9 Å². The molecule has 5 nitrogen and oxygen atoms in total. The Balaban J connectivity index is 1.63. The Morgan fingerprint density at radius 2 is 2.44 bits per heavy atom. The summed E-state index contributed by atoms with van der Waals surface area (Å²) in [6.07, 6.45) is 4.98. The van der Waals surface area contributed by atoms with Crippen molar-refractivity contribution in [1.82, 2.24) is 9.55 Å². The maximum absolute atomic E-state index is 12.8. The van der Waals surface area contributed by atoms with E-state index in [1.54, 1.807) is 23.5 Å². The number of rotatable bonds is 4. The third-order valence-electron chi connectivity index (χ3n) is 4.51. The maximum Gasteiger partial charge on any atom is 0.274 e. The SMILES string of the molecule is C=CCn1c(C(=O)Nc2nc3c(s2)CC(C)CC3)cc2oc(Br)cc21. The minimum atomic E-state index is -0.177. The summed E-state index contributed by atoms with van der Waals surface area (Å²) in [5.74, 6) is 0.509. The Bertz CT molecular complexity index is 969. The lowest BCUT2D eigenvalue weighted by atomic mass is 9.93. The number of carbonyl (C=O) groups excluding carboxylic acids is 1. The summed E-state index contributed by atoms with van der Waals surface area (Å²) < 4.78 is 8.12. The summed E-state index contributed by atoms with van der Waals surface area (Å²) in [5.41, 5.74) is 3.22. The third kappa shape index (κ3) is 3.06. The van der Waals surface area contributed by atoms with Gasteiger partial charge in [0.1, 0.15) is 5.69 Å². The van der Waals surface area contributed by atoms with Crippen molar-refractivity contribution in [2.45, 2.75) is 32.7 Å². The van der Waals surface area contributed by atoms with Crippen LogP contribution in [0.1, 0.15) is 34.4 Å². The Kier molecular flexibility index (Phi) is 4.29. The highest BCUT2D eigenvalue weighted by atomic mass is 79.9. The van der Waals surface area contributed by atoms with Gasteiger partial charge in [-0.1, -0.05) is 13.0 Å². The smallest absolute Gasteiger partial charge is 0.274 e. The molecule has 7 heteroatoms. The number of amides is 1. The van der Waals surface area contributed by atoms with Crippen molar-refractivity contribution in [2.75, 3.05) is 5.32 Å². The van der Waals surface area contributed by atoms with Gasteiger partial charge in [-0.2, -0.15) is 0 Å². The van der Waals surface area contributed by atoms with E-state index in [2.05, 4.69) is 39.7 Å². The fourth-order valence-corrected chi connectivity index (χ4v) is 4.84. The van der Waals surface area contributed by atoms with Gasteiger partial charge in [0, 0.05) is 23.6 Å². The molecule has 0 radical (unpaired) electrons. The molecule has 1 N–H and O–H groups in total. The highest BCUT2D eigenvalue weighted by Crippen LogP contribution is 2.33. The topological polar surface area (TPSA) is 60.1 Å². The number of anilines is 1. The summed E-state index contributed by atoms with van der Waals surface area (Å²) in [7, 11) is 0. The number of aryl methyl sites for hydroxylation is 1. The van der Waals surface area contributed by atoms with Crippen LogP contribution in [0, 0.1) is 5.92 Å². The van der Waals surface area contributed by atoms with Gasteiger partial charge >= 0.3 is 0 Å². The molecule has 0 spiro atoms. The molecule has 25 heavy (non-hydrogen) atoms. The van der Waals surface area contributed by atoms with E-state index in [1.165, 1.54) is 4.88 Å². The molecule has 1 amide bonds. The van der Waals surface area contributed by atoms with E-state index in [9.17, 15) is 4.79 Å². The summed E-state index contributed by atoms with van der Waals surface area (Å²) >= 11 is 4.92. The van der Waals surface area contributed by atoms with Crippen molar-refractivity contribution in [2.24, 2.45) is 5.92 Å². The average Bonchev–Trinajstić information content (AvgIpc) is 3.20. The fourth-order valence-electron chi connectivity index (χ4n) is 3.28. The van der Waals surface area contributed by atoms with Crippen LogP contribution in [-0.4, -0.2) is 15.5 Å². The molecule has 3 aromatic heterocycles. The summed E-state index contributed by atoms with van der Waals surface area (Å²) in [5, 5.41) is 3.63. The lowest BCUT2D eigenvalue weighted by Gasteiger charge is -2.15. The van der Waals surface area contributed by atoms with Gasteiger partial charge in [0.2, 0.25) is 0 Å². The van der Waals surface area contributed by atoms with Gasteiger partial charge in [-0.3, -0.25) is 10.1 Å². The molecule has 0 fully saturated rings. The first kappa shape index (κ1) is 16.6. The van der Waals surface area contributed by atoms with Gasteiger partial charge in [0.15, 0.2) is 15.4 Å². The second-order valence-corrected chi connectivity index (χ2v) is 8.29. The predicted octanol–water partition coefficient (Wildman–Crippen LogP) is 5.02. The molecule has 1 atom stereocenters. The van der Waals surface area contributed by atoms with Gasteiger partial charge < -0.3 is 8.98 Å². The van der Waals surface area contributed by atoms with E-state index >= 15 is 0 Å². The van der Waals surface area contributed by atoms with E-state index in [-0.39, 0.29) is 5.91 Å². The molecule has 1 aliphatic carbocycles. The van der Waals surface area contributed by atoms with Crippen LogP contribution < -0.4 is 5.32 Å². The number of furan rings is 1. The zero-order valence-electron chi connectivity index (χ0n) is 13.8. The summed E-state index contributed by atoms with van der Waals surface area (Å²) in [6, 6.07) is 3.62. The lowest BCUT2D eigenvalue weighted by Crippen LogP contribution is -2.16. The van der Waals surface area contributed by atoms with Crippen molar-refractivity contribution in [3.63, 3.8) is 0 Å². The Morgan fingerprint density at radius 1 is 1.60 bits per heavy atom. The number of thiazole rings is 1. The van der Waals surface area contributed by atoms with Crippen LogP contribution >= 0.6 is 27.3 Å². The Hall–Kier alpha value is -1.86. The van der Waals surface area contributed by atoms with Crippen molar-refractivity contribution in [1.29, 1.82) is 0 Å². The van der Waals surface area contributed by atoms with Crippen LogP contribution in [0.2, 0.25) is 0 Å². The van der Waals surface area contributed by atoms with Gasteiger partial charge in [0.05, 0.1) is 11.2 Å². The van der Waals surface area contributed by atoms with Crippen molar-refractivity contribution < 1.29 is 9.21 Å². The minimum absolute atomic E-state index is 0.177. The molecule has 1 aliphatic rings. The predicted molar refractivity (Wildman–Crippen MR) is 103 cm³/mol. The minimum Gasteiger partial charge on any atom is -0.448 e. The highest BCUT2D eigenvalue weighted by molar-refractivity contribution is 9.10. The van der Waals surface area contributed by atoms with Crippen LogP contribution in [0.5, 0.6) is 0 Å². The normalized spacial score (nSPS) is 16.8. The number of fused-ring (bicyclic) bond motifs is 2. The van der Waals surface area contributed by atoms with Crippen LogP contribution in [0.3, 0.4) is 0 Å². The Morgan fingerprint density at radius 3 is 3.24 bits per heavy atom. The van der Waals surface area contributed by atoms with Crippen LogP contribution in [0.4, 0.5) is 5.13 Å². The van der Waals surface area contributed by atoms with E-state index in [0.717, 1.165) is 30.5 Å². The second kappa shape index (κ2) is 6.46. The van der Waals surface area contributed by atoms with Gasteiger partial charge in [-0.25, -0.2) is 4.98 Å². The van der Waals surface area contributed by atoms with E-state index in [4.69, 9.17) is 4.42 Å². The molecular formula is C18H18BrN3O2S. The number of nitrogens with one attached hydrogen (secondary N) is 1. The molecule has 1 unspecified atom stereocenters. The lowest BCUT2D eigenvalue weighted by molar-refractivity contribution is 0.101. The summed E-state index contributed by atoms with van der Waals surface area (Å²) in [4.78, 5) is 18.7. The molecule has 0 aromatic carbocycles. The molecule has 4 rings (SSSR count). The summed E-state index contributed by atoms with van der Waals surface area (Å²) in [6.45, 7) is 6.57. The number of hydrogen-bond acceptors (Lipinski definition) is 4. The number of hydrogen-bond donors (Lipinski definition) is 1.